The van der Waals surface area contributed by atoms with E-state index in [4.69, 9.17) is 5.11 Å². The molecule has 3 nitrogen and oxygen atoms in total. The Morgan fingerprint density at radius 3 is 2.31 bits per heavy atom. The number of methoxy groups -OCH3 is 1. The Bertz CT molecular complexity index is 231. The molecule has 0 aliphatic carbocycles. The van der Waals surface area contributed by atoms with Crippen molar-refractivity contribution in [2.24, 2.45) is 0 Å². The third-order valence-corrected chi connectivity index (χ3v) is 1.42. The lowest BCUT2D eigenvalue weighted by atomic mass is 10.2. The first-order chi connectivity index (χ1) is 6.33. The minimum Gasteiger partial charge on any atom is -0.469 e. The summed E-state index contributed by atoms with van der Waals surface area (Å²) >= 11 is 0. The number of aliphatic hydroxyl groups excluding tert-OH is 1. The van der Waals surface area contributed by atoms with Crippen LogP contribution in [0.2, 0.25) is 0 Å². The van der Waals surface area contributed by atoms with Crippen LogP contribution in [0.1, 0.15) is 5.56 Å². The third kappa shape index (κ3) is 4.98. The Kier molecular flexibility index (Phi) is 6.55. The van der Waals surface area contributed by atoms with Crippen LogP contribution in [0.15, 0.2) is 30.3 Å². The fourth-order valence-electron chi connectivity index (χ4n) is 0.835. The van der Waals surface area contributed by atoms with Crippen LogP contribution in [0, 0.1) is 0 Å². The van der Waals surface area contributed by atoms with Gasteiger partial charge in [-0.2, -0.15) is 0 Å². The monoisotopic (exact) mass is 182 g/mol. The predicted octanol–water partition coefficient (Wildman–Crippen LogP) is 1.01. The normalized spacial score (nSPS) is 8.23. The number of aliphatic hydroxyl groups is 1. The summed E-state index contributed by atoms with van der Waals surface area (Å²) in [5, 5.41) is 7.00. The minimum atomic E-state index is -0.198. The summed E-state index contributed by atoms with van der Waals surface area (Å²) in [6.45, 7) is 0. The summed E-state index contributed by atoms with van der Waals surface area (Å²) in [6.07, 6.45) is 0.358. The predicted molar refractivity (Wildman–Crippen MR) is 50.3 cm³/mol. The Balaban J connectivity index is 0.000000671. The summed E-state index contributed by atoms with van der Waals surface area (Å²) in [5.41, 5.74) is 0.986. The molecule has 0 saturated carbocycles. The summed E-state index contributed by atoms with van der Waals surface area (Å²) in [4.78, 5) is 10.8. The van der Waals surface area contributed by atoms with E-state index in [1.807, 2.05) is 30.3 Å². The number of hydrogen-bond acceptors (Lipinski definition) is 3. The Hall–Kier alpha value is -1.35. The highest BCUT2D eigenvalue weighted by molar-refractivity contribution is 5.72. The van der Waals surface area contributed by atoms with Gasteiger partial charge in [0.05, 0.1) is 13.5 Å². The van der Waals surface area contributed by atoms with Crippen LogP contribution < -0.4 is 0 Å². The van der Waals surface area contributed by atoms with Gasteiger partial charge in [-0.3, -0.25) is 4.79 Å². The molecule has 0 atom stereocenters. The minimum absolute atomic E-state index is 0.198. The van der Waals surface area contributed by atoms with Crippen LogP contribution in [0.3, 0.4) is 0 Å². The molecule has 72 valence electrons. The van der Waals surface area contributed by atoms with E-state index in [1.54, 1.807) is 0 Å². The Morgan fingerprint density at radius 2 is 1.85 bits per heavy atom. The fraction of sp³-hybridized carbons (Fsp3) is 0.300. The van der Waals surface area contributed by atoms with E-state index < -0.39 is 0 Å². The van der Waals surface area contributed by atoms with Gasteiger partial charge in [0.25, 0.3) is 0 Å². The van der Waals surface area contributed by atoms with Gasteiger partial charge in [-0.15, -0.1) is 0 Å². The Morgan fingerprint density at radius 1 is 1.31 bits per heavy atom. The van der Waals surface area contributed by atoms with Crippen LogP contribution >= 0.6 is 0 Å². The second-order valence-corrected chi connectivity index (χ2v) is 2.24. The molecular weight excluding hydrogens is 168 g/mol. The molecule has 0 fully saturated rings. The maximum atomic E-state index is 10.8. The molecule has 0 spiro atoms. The number of ether oxygens (including phenoxy) is 1. The summed E-state index contributed by atoms with van der Waals surface area (Å²) < 4.78 is 4.52. The maximum Gasteiger partial charge on any atom is 0.309 e. The van der Waals surface area contributed by atoms with Crippen molar-refractivity contribution in [3.8, 4) is 0 Å². The number of carbonyl (C=O) groups excluding carboxylic acids is 1. The molecule has 0 aromatic heterocycles. The summed E-state index contributed by atoms with van der Waals surface area (Å²) in [5.74, 6) is -0.198. The zero-order valence-corrected chi connectivity index (χ0v) is 7.86. The van der Waals surface area contributed by atoms with Crippen molar-refractivity contribution in [3.05, 3.63) is 35.9 Å². The molecule has 1 N–H and O–H groups in total. The summed E-state index contributed by atoms with van der Waals surface area (Å²) in [6, 6.07) is 9.52. The van der Waals surface area contributed by atoms with Gasteiger partial charge >= 0.3 is 5.97 Å². The van der Waals surface area contributed by atoms with Crippen molar-refractivity contribution in [1.29, 1.82) is 0 Å². The molecule has 0 aliphatic heterocycles. The average Bonchev–Trinajstić information content (AvgIpc) is 2.22. The molecule has 1 aromatic carbocycles. The molecule has 13 heavy (non-hydrogen) atoms. The lowest BCUT2D eigenvalue weighted by Gasteiger charge is -1.97. The lowest BCUT2D eigenvalue weighted by molar-refractivity contribution is -0.139. The Labute approximate surface area is 78.0 Å². The van der Waals surface area contributed by atoms with E-state index in [2.05, 4.69) is 4.74 Å². The molecule has 0 radical (unpaired) electrons. The highest BCUT2D eigenvalue weighted by Crippen LogP contribution is 1.99. The highest BCUT2D eigenvalue weighted by atomic mass is 16.5. The number of esters is 1. The van der Waals surface area contributed by atoms with Crippen molar-refractivity contribution in [2.45, 2.75) is 6.42 Å². The number of rotatable bonds is 2. The maximum absolute atomic E-state index is 10.8. The molecule has 0 bridgehead atoms. The van der Waals surface area contributed by atoms with E-state index in [0.29, 0.717) is 6.42 Å². The number of hydrogen-bond donors (Lipinski definition) is 1. The topological polar surface area (TPSA) is 46.5 Å². The fourth-order valence-corrected chi connectivity index (χ4v) is 0.835. The molecule has 0 aliphatic rings. The van der Waals surface area contributed by atoms with E-state index >= 15 is 0 Å². The van der Waals surface area contributed by atoms with Gasteiger partial charge in [-0.1, -0.05) is 30.3 Å². The average molecular weight is 182 g/mol. The zero-order valence-electron chi connectivity index (χ0n) is 7.86. The van der Waals surface area contributed by atoms with Crippen LogP contribution in [0.4, 0.5) is 0 Å². The van der Waals surface area contributed by atoms with Crippen LogP contribution in [-0.4, -0.2) is 25.3 Å². The van der Waals surface area contributed by atoms with Gasteiger partial charge in [-0.25, -0.2) is 0 Å². The first kappa shape index (κ1) is 11.6. The first-order valence-corrected chi connectivity index (χ1v) is 3.88. The molecule has 0 heterocycles. The molecule has 0 amide bonds. The van der Waals surface area contributed by atoms with E-state index in [1.165, 1.54) is 7.11 Å². The molecular formula is C10H14O3. The van der Waals surface area contributed by atoms with Crippen molar-refractivity contribution >= 4 is 5.97 Å². The highest BCUT2D eigenvalue weighted by Gasteiger charge is 1.99. The second-order valence-electron chi connectivity index (χ2n) is 2.24. The van der Waals surface area contributed by atoms with Crippen LogP contribution in [0.5, 0.6) is 0 Å². The van der Waals surface area contributed by atoms with Crippen molar-refractivity contribution in [1.82, 2.24) is 0 Å². The van der Waals surface area contributed by atoms with Gasteiger partial charge in [0.15, 0.2) is 0 Å². The molecule has 0 unspecified atom stereocenters. The lowest BCUT2D eigenvalue weighted by Crippen LogP contribution is -2.03. The number of benzene rings is 1. The standard InChI is InChI=1S/C9H10O2.CH4O/c1-11-9(10)7-8-5-3-2-4-6-8;1-2/h2-6H,7H2,1H3;2H,1H3. The van der Waals surface area contributed by atoms with Gasteiger partial charge < -0.3 is 9.84 Å². The second kappa shape index (κ2) is 7.31. The number of carbonyl (C=O) groups is 1. The van der Waals surface area contributed by atoms with E-state index in [9.17, 15) is 4.79 Å². The molecule has 1 rings (SSSR count). The van der Waals surface area contributed by atoms with Crippen LogP contribution in [0.25, 0.3) is 0 Å². The van der Waals surface area contributed by atoms with Crippen molar-refractivity contribution in [2.75, 3.05) is 14.2 Å². The smallest absolute Gasteiger partial charge is 0.309 e. The van der Waals surface area contributed by atoms with E-state index in [0.717, 1.165) is 12.7 Å². The van der Waals surface area contributed by atoms with E-state index in [-0.39, 0.29) is 5.97 Å². The third-order valence-electron chi connectivity index (χ3n) is 1.42. The van der Waals surface area contributed by atoms with Gasteiger partial charge in [-0.05, 0) is 5.56 Å². The summed E-state index contributed by atoms with van der Waals surface area (Å²) in [7, 11) is 2.39. The molecule has 0 saturated heterocycles. The SMILES string of the molecule is CO.COC(=O)Cc1ccccc1. The van der Waals surface area contributed by atoms with Crippen molar-refractivity contribution < 1.29 is 14.6 Å². The molecule has 3 heteroatoms. The van der Waals surface area contributed by atoms with Crippen LogP contribution in [-0.2, 0) is 16.0 Å². The van der Waals surface area contributed by atoms with Gasteiger partial charge in [0.1, 0.15) is 0 Å². The zero-order chi connectivity index (χ0) is 10.1. The molecule has 1 aromatic rings. The van der Waals surface area contributed by atoms with Gasteiger partial charge in [0, 0.05) is 7.11 Å². The van der Waals surface area contributed by atoms with Crippen molar-refractivity contribution in [3.63, 3.8) is 0 Å². The largest absolute Gasteiger partial charge is 0.469 e. The van der Waals surface area contributed by atoms with Gasteiger partial charge in [0.2, 0.25) is 0 Å². The first-order valence-electron chi connectivity index (χ1n) is 3.88. The quantitative estimate of drug-likeness (QED) is 0.694.